The van der Waals surface area contributed by atoms with Crippen LogP contribution in [0.25, 0.3) is 0 Å². The molecule has 0 aromatic carbocycles. The quantitative estimate of drug-likeness (QED) is 0.880. The minimum atomic E-state index is 0.542. The number of nitrogens with one attached hydrogen (secondary N) is 2. The summed E-state index contributed by atoms with van der Waals surface area (Å²) in [5.41, 5.74) is 0. The van der Waals surface area contributed by atoms with Gasteiger partial charge >= 0.3 is 0 Å². The molecular weight excluding hydrogens is 324 g/mol. The lowest BCUT2D eigenvalue weighted by Crippen LogP contribution is -2.50. The van der Waals surface area contributed by atoms with Crippen molar-refractivity contribution in [1.82, 2.24) is 10.6 Å². The van der Waals surface area contributed by atoms with Crippen molar-refractivity contribution in [1.29, 1.82) is 0 Å². The van der Waals surface area contributed by atoms with E-state index in [2.05, 4.69) is 38.0 Å². The molecular formula is C14H21BrN2OS. The Morgan fingerprint density at radius 3 is 3.16 bits per heavy atom. The van der Waals surface area contributed by atoms with E-state index in [1.165, 1.54) is 28.6 Å². The van der Waals surface area contributed by atoms with Crippen LogP contribution in [0.2, 0.25) is 0 Å². The van der Waals surface area contributed by atoms with Crippen molar-refractivity contribution in [2.24, 2.45) is 5.92 Å². The van der Waals surface area contributed by atoms with E-state index >= 15 is 0 Å². The van der Waals surface area contributed by atoms with E-state index in [0.29, 0.717) is 12.1 Å². The Kier molecular flexibility index (Phi) is 4.92. The van der Waals surface area contributed by atoms with Gasteiger partial charge in [0.15, 0.2) is 0 Å². The predicted octanol–water partition coefficient (Wildman–Crippen LogP) is 2.76. The van der Waals surface area contributed by atoms with Gasteiger partial charge in [0.25, 0.3) is 0 Å². The molecule has 106 valence electrons. The maximum atomic E-state index is 5.62. The molecule has 1 aromatic heterocycles. The molecule has 5 heteroatoms. The van der Waals surface area contributed by atoms with E-state index in [0.717, 1.165) is 32.2 Å². The lowest BCUT2D eigenvalue weighted by atomic mass is 9.94. The Morgan fingerprint density at radius 2 is 2.42 bits per heavy atom. The van der Waals surface area contributed by atoms with E-state index in [4.69, 9.17) is 4.74 Å². The molecule has 1 aromatic rings. The summed E-state index contributed by atoms with van der Waals surface area (Å²) in [7, 11) is 0. The first-order chi connectivity index (χ1) is 9.34. The second kappa shape index (κ2) is 6.68. The number of halogens is 1. The first kappa shape index (κ1) is 14.0. The first-order valence-electron chi connectivity index (χ1n) is 7.11. The molecule has 1 saturated heterocycles. The van der Waals surface area contributed by atoms with Crippen molar-refractivity contribution in [2.45, 2.75) is 37.9 Å². The molecule has 1 saturated carbocycles. The molecule has 3 unspecified atom stereocenters. The maximum absolute atomic E-state index is 5.62. The molecule has 3 nitrogen and oxygen atoms in total. The monoisotopic (exact) mass is 344 g/mol. The van der Waals surface area contributed by atoms with Gasteiger partial charge in [0, 0.05) is 34.5 Å². The number of rotatable bonds is 4. The topological polar surface area (TPSA) is 33.3 Å². The lowest BCUT2D eigenvalue weighted by molar-refractivity contribution is 0.0524. The molecule has 0 bridgehead atoms. The fraction of sp³-hybridized carbons (Fsp3) is 0.714. The highest BCUT2D eigenvalue weighted by Gasteiger charge is 2.34. The van der Waals surface area contributed by atoms with Crippen LogP contribution in [-0.2, 0) is 11.3 Å². The fourth-order valence-corrected chi connectivity index (χ4v) is 4.70. The zero-order valence-corrected chi connectivity index (χ0v) is 13.4. The Hall–Kier alpha value is 0.0600. The van der Waals surface area contributed by atoms with Crippen molar-refractivity contribution in [3.8, 4) is 0 Å². The zero-order valence-electron chi connectivity index (χ0n) is 11.0. The van der Waals surface area contributed by atoms with Gasteiger partial charge in [0.2, 0.25) is 0 Å². The van der Waals surface area contributed by atoms with Crippen LogP contribution in [-0.4, -0.2) is 31.8 Å². The van der Waals surface area contributed by atoms with Crippen LogP contribution >= 0.6 is 27.3 Å². The number of thiophene rings is 1. The van der Waals surface area contributed by atoms with Gasteiger partial charge < -0.3 is 15.4 Å². The molecule has 1 aliphatic heterocycles. The van der Waals surface area contributed by atoms with E-state index in [-0.39, 0.29) is 0 Å². The zero-order chi connectivity index (χ0) is 13.1. The summed E-state index contributed by atoms with van der Waals surface area (Å²) in [6.45, 7) is 3.73. The summed E-state index contributed by atoms with van der Waals surface area (Å²) in [6.07, 6.45) is 3.96. The van der Waals surface area contributed by atoms with Crippen molar-refractivity contribution in [3.05, 3.63) is 20.8 Å². The van der Waals surface area contributed by atoms with Gasteiger partial charge in [-0.1, -0.05) is 6.42 Å². The Bertz CT molecular complexity index is 406. The van der Waals surface area contributed by atoms with Gasteiger partial charge in [-0.25, -0.2) is 0 Å². The summed E-state index contributed by atoms with van der Waals surface area (Å²) >= 11 is 5.43. The minimum absolute atomic E-state index is 0.542. The third-order valence-electron chi connectivity index (χ3n) is 4.25. The molecule has 3 atom stereocenters. The molecule has 1 aliphatic carbocycles. The highest BCUT2D eigenvalue weighted by atomic mass is 79.9. The second-order valence-corrected chi connectivity index (χ2v) is 7.26. The third-order valence-corrected chi connectivity index (χ3v) is 6.18. The fourth-order valence-electron chi connectivity index (χ4n) is 3.26. The van der Waals surface area contributed by atoms with Gasteiger partial charge in [-0.15, -0.1) is 11.3 Å². The predicted molar refractivity (Wildman–Crippen MR) is 82.6 cm³/mol. The molecule has 0 amide bonds. The van der Waals surface area contributed by atoms with Gasteiger partial charge in [-0.2, -0.15) is 0 Å². The normalized spacial score (nSPS) is 31.7. The second-order valence-electron chi connectivity index (χ2n) is 5.41. The van der Waals surface area contributed by atoms with Gasteiger partial charge in [-0.05, 0) is 46.1 Å². The molecule has 0 radical (unpaired) electrons. The van der Waals surface area contributed by atoms with Crippen molar-refractivity contribution >= 4 is 27.3 Å². The van der Waals surface area contributed by atoms with Crippen LogP contribution in [0.4, 0.5) is 0 Å². The van der Waals surface area contributed by atoms with Crippen LogP contribution in [0, 0.1) is 5.92 Å². The van der Waals surface area contributed by atoms with Crippen LogP contribution < -0.4 is 10.6 Å². The van der Waals surface area contributed by atoms with E-state index in [9.17, 15) is 0 Å². The SMILES string of the molecule is Brc1ccsc1CNC1CCCC1C1COCCN1. The summed E-state index contributed by atoms with van der Waals surface area (Å²) in [4.78, 5) is 1.40. The molecule has 2 fully saturated rings. The third kappa shape index (κ3) is 3.39. The lowest BCUT2D eigenvalue weighted by Gasteiger charge is -2.33. The van der Waals surface area contributed by atoms with Crippen molar-refractivity contribution in [2.75, 3.05) is 19.8 Å². The van der Waals surface area contributed by atoms with E-state index in [1.54, 1.807) is 0 Å². The number of ether oxygens (including phenoxy) is 1. The maximum Gasteiger partial charge on any atom is 0.0623 e. The van der Waals surface area contributed by atoms with Crippen LogP contribution in [0.5, 0.6) is 0 Å². The van der Waals surface area contributed by atoms with Gasteiger partial charge in [-0.3, -0.25) is 0 Å². The molecule has 2 N–H and O–H groups in total. The summed E-state index contributed by atoms with van der Waals surface area (Å²) in [6, 6.07) is 3.30. The standard InChI is InChI=1S/C14H21BrN2OS/c15-11-4-7-19-14(11)8-17-12-3-1-2-10(12)13-9-18-6-5-16-13/h4,7,10,12-13,16-17H,1-3,5-6,8-9H2. The van der Waals surface area contributed by atoms with E-state index < -0.39 is 0 Å². The number of hydrogen-bond acceptors (Lipinski definition) is 4. The summed E-state index contributed by atoms with van der Waals surface area (Å²) < 4.78 is 6.85. The Labute approximate surface area is 127 Å². The van der Waals surface area contributed by atoms with Gasteiger partial charge in [0.1, 0.15) is 0 Å². The molecule has 2 heterocycles. The van der Waals surface area contributed by atoms with Crippen LogP contribution in [0.3, 0.4) is 0 Å². The smallest absolute Gasteiger partial charge is 0.0623 e. The number of hydrogen-bond donors (Lipinski definition) is 2. The highest BCUT2D eigenvalue weighted by molar-refractivity contribution is 9.10. The molecule has 19 heavy (non-hydrogen) atoms. The minimum Gasteiger partial charge on any atom is -0.379 e. The summed E-state index contributed by atoms with van der Waals surface area (Å²) in [5, 5.41) is 9.52. The molecule has 2 aliphatic rings. The Morgan fingerprint density at radius 1 is 1.47 bits per heavy atom. The van der Waals surface area contributed by atoms with Crippen molar-refractivity contribution < 1.29 is 4.74 Å². The summed E-state index contributed by atoms with van der Waals surface area (Å²) in [5.74, 6) is 0.721. The average Bonchev–Trinajstić information content (AvgIpc) is 3.06. The average molecular weight is 345 g/mol. The van der Waals surface area contributed by atoms with E-state index in [1.807, 2.05) is 11.3 Å². The van der Waals surface area contributed by atoms with Gasteiger partial charge in [0.05, 0.1) is 13.2 Å². The molecule has 0 spiro atoms. The number of morpholine rings is 1. The van der Waals surface area contributed by atoms with Crippen LogP contribution in [0.15, 0.2) is 15.9 Å². The highest BCUT2D eigenvalue weighted by Crippen LogP contribution is 2.30. The first-order valence-corrected chi connectivity index (χ1v) is 8.78. The largest absolute Gasteiger partial charge is 0.379 e. The Balaban J connectivity index is 1.55. The van der Waals surface area contributed by atoms with Crippen LogP contribution in [0.1, 0.15) is 24.1 Å². The van der Waals surface area contributed by atoms with Crippen molar-refractivity contribution in [3.63, 3.8) is 0 Å². The molecule has 3 rings (SSSR count).